The van der Waals surface area contributed by atoms with Gasteiger partial charge in [0.2, 0.25) is 11.5 Å². The predicted molar refractivity (Wildman–Crippen MR) is 114 cm³/mol. The Morgan fingerprint density at radius 3 is 2.59 bits per heavy atom. The molecule has 2 unspecified atom stereocenters. The molecule has 2 saturated heterocycles. The van der Waals surface area contributed by atoms with Crippen LogP contribution in [0.25, 0.3) is 0 Å². The fourth-order valence-corrected chi connectivity index (χ4v) is 4.05. The van der Waals surface area contributed by atoms with Crippen LogP contribution in [0.2, 0.25) is 0 Å². The molecule has 2 atom stereocenters. The highest BCUT2D eigenvalue weighted by Gasteiger charge is 2.55. The maximum Gasteiger partial charge on any atom is 0.423 e. The Hall–Kier alpha value is -1.56. The van der Waals surface area contributed by atoms with E-state index in [-0.39, 0.29) is 46.8 Å². The summed E-state index contributed by atoms with van der Waals surface area (Å²) in [6.45, 7) is 0.969. The molecule has 2 aliphatic rings. The summed E-state index contributed by atoms with van der Waals surface area (Å²) in [6, 6.07) is 7.02. The zero-order chi connectivity index (χ0) is 20.4. The Labute approximate surface area is 185 Å². The number of amides is 1. The van der Waals surface area contributed by atoms with Crippen molar-refractivity contribution in [2.24, 2.45) is 10.4 Å². The lowest BCUT2D eigenvalue weighted by Crippen LogP contribution is -2.56. The zero-order valence-corrected chi connectivity index (χ0v) is 18.5. The molecular formula is C19H26F3IN4O2. The summed E-state index contributed by atoms with van der Waals surface area (Å²) in [5, 5.41) is 16.0. The van der Waals surface area contributed by atoms with Crippen molar-refractivity contribution in [1.82, 2.24) is 15.5 Å². The SMILES string of the molecule is CN=C(NCC(O)(c1ccccc1)C(F)(F)F)N1CCCC2(CNC(=O)C2)C1.I. The van der Waals surface area contributed by atoms with Crippen molar-refractivity contribution in [3.63, 3.8) is 0 Å². The monoisotopic (exact) mass is 526 g/mol. The van der Waals surface area contributed by atoms with Crippen LogP contribution in [0.4, 0.5) is 13.2 Å². The van der Waals surface area contributed by atoms with Crippen molar-refractivity contribution in [3.05, 3.63) is 35.9 Å². The fourth-order valence-electron chi connectivity index (χ4n) is 4.05. The molecule has 0 saturated carbocycles. The van der Waals surface area contributed by atoms with Crippen molar-refractivity contribution < 1.29 is 23.1 Å². The van der Waals surface area contributed by atoms with Gasteiger partial charge in [-0.3, -0.25) is 9.79 Å². The van der Waals surface area contributed by atoms with Gasteiger partial charge in [-0.25, -0.2) is 0 Å². The minimum absolute atomic E-state index is 0. The highest BCUT2D eigenvalue weighted by molar-refractivity contribution is 14.0. The van der Waals surface area contributed by atoms with Gasteiger partial charge in [-0.05, 0) is 18.4 Å². The van der Waals surface area contributed by atoms with Gasteiger partial charge in [0.15, 0.2) is 5.96 Å². The lowest BCUT2D eigenvalue weighted by atomic mass is 9.79. The molecule has 3 N–H and O–H groups in total. The number of aliphatic hydroxyl groups is 1. The normalized spacial score (nSPS) is 24.7. The summed E-state index contributed by atoms with van der Waals surface area (Å²) in [5.41, 5.74) is -3.49. The first kappa shape index (κ1) is 23.7. The summed E-state index contributed by atoms with van der Waals surface area (Å²) in [7, 11) is 1.50. The molecular weight excluding hydrogens is 500 g/mol. The highest BCUT2D eigenvalue weighted by atomic mass is 127. The van der Waals surface area contributed by atoms with Gasteiger partial charge in [-0.15, -0.1) is 24.0 Å². The van der Waals surface area contributed by atoms with Crippen molar-refractivity contribution in [2.75, 3.05) is 33.2 Å². The van der Waals surface area contributed by atoms with Gasteiger partial charge >= 0.3 is 6.18 Å². The largest absolute Gasteiger partial charge is 0.423 e. The third-order valence-electron chi connectivity index (χ3n) is 5.59. The Bertz CT molecular complexity index is 747. The van der Waals surface area contributed by atoms with Crippen molar-refractivity contribution in [3.8, 4) is 0 Å². The molecule has 0 radical (unpaired) electrons. The minimum atomic E-state index is -4.86. The molecule has 10 heteroatoms. The summed E-state index contributed by atoms with van der Waals surface area (Å²) in [4.78, 5) is 17.6. The van der Waals surface area contributed by atoms with E-state index in [4.69, 9.17) is 0 Å². The standard InChI is InChI=1S/C19H25F3N4O2.HI/c1-23-16(26-9-5-8-17(13-26)10-15(27)24-11-17)25-12-18(28,19(20,21)22)14-6-3-2-4-7-14;/h2-4,6-7,28H,5,8-13H2,1H3,(H,23,25)(H,24,27);1H. The van der Waals surface area contributed by atoms with Crippen LogP contribution >= 0.6 is 24.0 Å². The van der Waals surface area contributed by atoms with Crippen LogP contribution in [0.5, 0.6) is 0 Å². The van der Waals surface area contributed by atoms with Crippen molar-refractivity contribution in [2.45, 2.75) is 31.0 Å². The Balaban J connectivity index is 0.00000300. The molecule has 1 aromatic carbocycles. The third kappa shape index (κ3) is 4.96. The Kier molecular flexibility index (Phi) is 7.42. The Morgan fingerprint density at radius 1 is 1.34 bits per heavy atom. The van der Waals surface area contributed by atoms with Crippen molar-refractivity contribution in [1.29, 1.82) is 0 Å². The number of benzene rings is 1. The summed E-state index contributed by atoms with van der Waals surface area (Å²) in [6.07, 6.45) is -2.74. The number of likely N-dealkylation sites (tertiary alicyclic amines) is 1. The maximum absolute atomic E-state index is 13.7. The summed E-state index contributed by atoms with van der Waals surface area (Å²) < 4.78 is 41.0. The quantitative estimate of drug-likeness (QED) is 0.321. The van der Waals surface area contributed by atoms with Gasteiger partial charge in [0.25, 0.3) is 0 Å². The van der Waals surface area contributed by atoms with Crippen LogP contribution < -0.4 is 10.6 Å². The van der Waals surface area contributed by atoms with Gasteiger partial charge in [-0.1, -0.05) is 30.3 Å². The molecule has 3 rings (SSSR count). The summed E-state index contributed by atoms with van der Waals surface area (Å²) >= 11 is 0. The average Bonchev–Trinajstić information content (AvgIpc) is 3.01. The van der Waals surface area contributed by atoms with Crippen LogP contribution in [0.3, 0.4) is 0 Å². The first-order valence-electron chi connectivity index (χ1n) is 9.26. The van der Waals surface area contributed by atoms with Gasteiger partial charge < -0.3 is 20.6 Å². The molecule has 2 fully saturated rings. The molecule has 0 aromatic heterocycles. The lowest BCUT2D eigenvalue weighted by molar-refractivity contribution is -0.263. The van der Waals surface area contributed by atoms with E-state index in [0.717, 1.165) is 12.8 Å². The van der Waals surface area contributed by atoms with E-state index in [1.807, 2.05) is 4.90 Å². The van der Waals surface area contributed by atoms with Crippen LogP contribution in [-0.2, 0) is 10.4 Å². The molecule has 0 aliphatic carbocycles. The van der Waals surface area contributed by atoms with E-state index < -0.39 is 18.3 Å². The van der Waals surface area contributed by atoms with E-state index in [0.29, 0.717) is 26.1 Å². The highest BCUT2D eigenvalue weighted by Crippen LogP contribution is 2.39. The average molecular weight is 526 g/mol. The van der Waals surface area contributed by atoms with Gasteiger partial charge in [0, 0.05) is 38.5 Å². The number of piperidine rings is 1. The second-order valence-corrected chi connectivity index (χ2v) is 7.60. The number of carbonyl (C=O) groups excluding carboxylic acids is 1. The van der Waals surface area contributed by atoms with Gasteiger partial charge in [-0.2, -0.15) is 13.2 Å². The number of halogens is 4. The van der Waals surface area contributed by atoms with Crippen LogP contribution in [0, 0.1) is 5.41 Å². The predicted octanol–water partition coefficient (Wildman–Crippen LogP) is 2.23. The molecule has 162 valence electrons. The number of hydrogen-bond acceptors (Lipinski definition) is 3. The number of alkyl halides is 3. The third-order valence-corrected chi connectivity index (χ3v) is 5.59. The molecule has 2 aliphatic heterocycles. The van der Waals surface area contributed by atoms with E-state index in [2.05, 4.69) is 15.6 Å². The summed E-state index contributed by atoms with van der Waals surface area (Å²) in [5.74, 6) is 0.289. The lowest BCUT2D eigenvalue weighted by Gasteiger charge is -2.41. The maximum atomic E-state index is 13.7. The number of rotatable bonds is 3. The van der Waals surface area contributed by atoms with Crippen molar-refractivity contribution >= 4 is 35.8 Å². The molecule has 29 heavy (non-hydrogen) atoms. The smallest absolute Gasteiger partial charge is 0.375 e. The number of guanidine groups is 1. The van der Waals surface area contributed by atoms with Crippen LogP contribution in [-0.4, -0.2) is 61.3 Å². The molecule has 1 aromatic rings. The molecule has 6 nitrogen and oxygen atoms in total. The minimum Gasteiger partial charge on any atom is -0.375 e. The van der Waals surface area contributed by atoms with Gasteiger partial charge in [0.1, 0.15) is 0 Å². The Morgan fingerprint density at radius 2 is 2.03 bits per heavy atom. The number of carbonyl (C=O) groups is 1. The van der Waals surface area contributed by atoms with Crippen LogP contribution in [0.15, 0.2) is 35.3 Å². The molecule has 0 bridgehead atoms. The molecule has 1 amide bonds. The number of nitrogens with zero attached hydrogens (tertiary/aromatic N) is 2. The van der Waals surface area contributed by atoms with Gasteiger partial charge in [0.05, 0.1) is 6.54 Å². The van der Waals surface area contributed by atoms with E-state index in [1.165, 1.54) is 31.3 Å². The van der Waals surface area contributed by atoms with E-state index >= 15 is 0 Å². The number of nitrogens with one attached hydrogen (secondary N) is 2. The topological polar surface area (TPSA) is 77.0 Å². The second-order valence-electron chi connectivity index (χ2n) is 7.60. The zero-order valence-electron chi connectivity index (χ0n) is 16.1. The number of hydrogen-bond donors (Lipinski definition) is 3. The van der Waals surface area contributed by atoms with E-state index in [9.17, 15) is 23.1 Å². The van der Waals surface area contributed by atoms with Crippen LogP contribution in [0.1, 0.15) is 24.8 Å². The molecule has 1 spiro atoms. The van der Waals surface area contributed by atoms with E-state index in [1.54, 1.807) is 6.07 Å². The fraction of sp³-hybridized carbons (Fsp3) is 0.579. The second kappa shape index (κ2) is 9.07. The first-order valence-corrected chi connectivity index (χ1v) is 9.26. The first-order chi connectivity index (χ1) is 13.2. The molecule has 2 heterocycles. The number of aliphatic imine (C=N–C) groups is 1.